The zero-order valence-corrected chi connectivity index (χ0v) is 44.3. The van der Waals surface area contributed by atoms with Gasteiger partial charge in [-0.25, -0.2) is 4.57 Å². The highest BCUT2D eigenvalue weighted by atomic mass is 31.2. The number of carbonyl (C=O) groups excluding carboxylic acids is 3. The van der Waals surface area contributed by atoms with Crippen LogP contribution in [0.1, 0.15) is 171 Å². The molecular formula is C54H84N3O13P. The third kappa shape index (κ3) is 26.1. The van der Waals surface area contributed by atoms with E-state index in [-0.39, 0.29) is 77.2 Å². The summed E-state index contributed by atoms with van der Waals surface area (Å²) >= 11 is 0. The summed E-state index contributed by atoms with van der Waals surface area (Å²) in [6, 6.07) is 18.8. The van der Waals surface area contributed by atoms with Crippen LogP contribution in [0.3, 0.4) is 0 Å². The van der Waals surface area contributed by atoms with E-state index in [0.29, 0.717) is 53.2 Å². The monoisotopic (exact) mass is 1010 g/mol. The van der Waals surface area contributed by atoms with Crippen molar-refractivity contribution in [2.24, 2.45) is 0 Å². The first kappa shape index (κ1) is 60.8. The lowest BCUT2D eigenvalue weighted by atomic mass is 10.1. The largest absolute Gasteiger partial charge is 0.475 e. The molecule has 0 aliphatic heterocycles. The fourth-order valence-corrected chi connectivity index (χ4v) is 8.80. The minimum Gasteiger partial charge on any atom is -0.468 e. The van der Waals surface area contributed by atoms with Gasteiger partial charge in [0.1, 0.15) is 17.2 Å². The van der Waals surface area contributed by atoms with Gasteiger partial charge < -0.3 is 44.4 Å². The molecule has 0 bridgehead atoms. The summed E-state index contributed by atoms with van der Waals surface area (Å²) in [5.74, 6) is 0.823. The Balaban J connectivity index is 2.05. The van der Waals surface area contributed by atoms with Gasteiger partial charge in [-0.05, 0) is 72.4 Å². The van der Waals surface area contributed by atoms with Gasteiger partial charge >= 0.3 is 7.82 Å². The molecule has 71 heavy (non-hydrogen) atoms. The lowest BCUT2D eigenvalue weighted by molar-refractivity contribution is -0.123. The molecule has 0 saturated carbocycles. The highest BCUT2D eigenvalue weighted by molar-refractivity contribution is 7.48. The van der Waals surface area contributed by atoms with E-state index in [9.17, 15) is 14.4 Å². The number of carbonyl (C=O) groups is 3. The third-order valence-electron chi connectivity index (χ3n) is 11.5. The van der Waals surface area contributed by atoms with Crippen molar-refractivity contribution in [2.75, 3.05) is 61.5 Å². The van der Waals surface area contributed by atoms with Gasteiger partial charge in [-0.15, -0.1) is 0 Å². The maximum Gasteiger partial charge on any atom is 0.475 e. The minimum atomic E-state index is -4.67. The second-order valence-electron chi connectivity index (χ2n) is 17.6. The SMILES string of the molecule is CCCCCCCC(=O)NC(COP(=O)(OCC(NC(=O)CCCCCCC)c1cccc(OCOC)c1)OCC(NC(=O)CCCCCCC)c1cccc(OCOC)c1)c1cccc(OCOC)c1. The summed E-state index contributed by atoms with van der Waals surface area (Å²) in [7, 11) is -0.111. The first-order valence-electron chi connectivity index (χ1n) is 25.6. The quantitative estimate of drug-likeness (QED) is 0.0277. The summed E-state index contributed by atoms with van der Waals surface area (Å²) in [5.41, 5.74) is 1.83. The first-order chi connectivity index (χ1) is 34.6. The van der Waals surface area contributed by atoms with E-state index in [0.717, 1.165) is 77.0 Å². The summed E-state index contributed by atoms with van der Waals surface area (Å²) in [4.78, 5) is 40.7. The van der Waals surface area contributed by atoms with Gasteiger partial charge in [0.15, 0.2) is 20.4 Å². The molecule has 0 heterocycles. The van der Waals surface area contributed by atoms with Crippen LogP contribution < -0.4 is 30.2 Å². The molecule has 3 aromatic carbocycles. The van der Waals surface area contributed by atoms with E-state index in [1.165, 1.54) is 21.3 Å². The smallest absolute Gasteiger partial charge is 0.468 e. The van der Waals surface area contributed by atoms with Crippen LogP contribution in [0.15, 0.2) is 72.8 Å². The fraction of sp³-hybridized carbons (Fsp3) is 0.611. The topological polar surface area (TPSA) is 187 Å². The average Bonchev–Trinajstić information content (AvgIpc) is 3.38. The van der Waals surface area contributed by atoms with E-state index in [1.54, 1.807) is 72.8 Å². The molecule has 3 aromatic rings. The lowest BCUT2D eigenvalue weighted by Gasteiger charge is -2.27. The molecule has 0 radical (unpaired) electrons. The molecule has 0 aliphatic carbocycles. The summed E-state index contributed by atoms with van der Waals surface area (Å²) in [5, 5.41) is 9.24. The van der Waals surface area contributed by atoms with Crippen LogP contribution in [0.5, 0.6) is 17.2 Å². The van der Waals surface area contributed by atoms with Crippen LogP contribution in [-0.2, 0) is 46.7 Å². The zero-order valence-electron chi connectivity index (χ0n) is 43.4. The highest BCUT2D eigenvalue weighted by Gasteiger charge is 2.33. The van der Waals surface area contributed by atoms with Crippen molar-refractivity contribution in [2.45, 2.75) is 154 Å². The molecule has 3 unspecified atom stereocenters. The predicted octanol–water partition coefficient (Wildman–Crippen LogP) is 11.7. The first-order valence-corrected chi connectivity index (χ1v) is 27.1. The van der Waals surface area contributed by atoms with Gasteiger partial charge in [-0.3, -0.25) is 28.0 Å². The molecule has 0 fully saturated rings. The number of hydrogen-bond acceptors (Lipinski definition) is 13. The molecule has 398 valence electrons. The summed E-state index contributed by atoms with van der Waals surface area (Å²) < 4.78 is 66.9. The molecule has 3 N–H and O–H groups in total. The Bertz CT molecular complexity index is 1760. The van der Waals surface area contributed by atoms with Crippen molar-refractivity contribution in [1.82, 2.24) is 16.0 Å². The molecule has 3 amide bonds. The number of nitrogens with one attached hydrogen (secondary N) is 3. The van der Waals surface area contributed by atoms with Crippen molar-refractivity contribution in [3.63, 3.8) is 0 Å². The minimum absolute atomic E-state index is 0.00156. The van der Waals surface area contributed by atoms with E-state index >= 15 is 4.57 Å². The van der Waals surface area contributed by atoms with Gasteiger partial charge in [0.05, 0.1) is 37.9 Å². The fourth-order valence-electron chi connectivity index (χ4n) is 7.58. The van der Waals surface area contributed by atoms with Gasteiger partial charge in [-0.2, -0.15) is 0 Å². The standard InChI is InChI=1S/C54H84N3O13P/c1-7-10-13-16-19-31-52(58)55-49(43-25-22-28-46(34-43)65-40-62-4)37-68-71(61,69-38-50(56-53(59)32-20-17-14-11-8-2)44-26-23-29-47(35-44)66-41-63-5)70-39-51(57-54(60)33-21-18-15-12-9-3)45-27-24-30-48(36-45)67-42-64-6/h22-30,34-36,49-51H,7-21,31-33,37-42H2,1-6H3,(H,55,58)(H,56,59)(H,57,60). The number of phosphoric ester groups is 1. The molecular weight excluding hydrogens is 930 g/mol. The molecule has 3 atom stereocenters. The number of ether oxygens (including phenoxy) is 6. The molecule has 0 aliphatic rings. The third-order valence-corrected chi connectivity index (χ3v) is 12.9. The van der Waals surface area contributed by atoms with Gasteiger partial charge in [0.25, 0.3) is 0 Å². The Labute approximate surface area is 423 Å². The number of amides is 3. The maximum absolute atomic E-state index is 15.4. The van der Waals surface area contributed by atoms with Gasteiger partial charge in [0, 0.05) is 40.6 Å². The Kier molecular flexibility index (Phi) is 31.9. The second kappa shape index (κ2) is 37.2. The van der Waals surface area contributed by atoms with Crippen molar-refractivity contribution in [3.8, 4) is 17.2 Å². The lowest BCUT2D eigenvalue weighted by Crippen LogP contribution is -2.33. The van der Waals surface area contributed by atoms with Crippen LogP contribution in [0, 0.1) is 0 Å². The van der Waals surface area contributed by atoms with Crippen molar-refractivity contribution >= 4 is 25.5 Å². The Morgan fingerprint density at radius 3 is 0.986 bits per heavy atom. The Morgan fingerprint density at radius 1 is 0.437 bits per heavy atom. The molecule has 0 spiro atoms. The summed E-state index contributed by atoms with van der Waals surface area (Å²) in [6.45, 7) is 5.37. The average molecular weight is 1010 g/mol. The Hall–Kier alpha value is -4.54. The van der Waals surface area contributed by atoms with E-state index in [2.05, 4.69) is 36.7 Å². The highest BCUT2D eigenvalue weighted by Crippen LogP contribution is 2.51. The number of methoxy groups -OCH3 is 3. The van der Waals surface area contributed by atoms with Crippen LogP contribution in [0.2, 0.25) is 0 Å². The Morgan fingerprint density at radius 2 is 0.718 bits per heavy atom. The van der Waals surface area contributed by atoms with Crippen LogP contribution in [0.4, 0.5) is 0 Å². The molecule has 0 saturated heterocycles. The maximum atomic E-state index is 15.4. The molecule has 3 rings (SSSR count). The van der Waals surface area contributed by atoms with Crippen molar-refractivity contribution < 1.29 is 60.9 Å². The zero-order chi connectivity index (χ0) is 51.4. The van der Waals surface area contributed by atoms with Crippen molar-refractivity contribution in [3.05, 3.63) is 89.5 Å². The van der Waals surface area contributed by atoms with Gasteiger partial charge in [-0.1, -0.05) is 134 Å². The number of phosphoric acid groups is 1. The predicted molar refractivity (Wildman–Crippen MR) is 275 cm³/mol. The summed E-state index contributed by atoms with van der Waals surface area (Å²) in [6.07, 6.45) is 15.3. The van der Waals surface area contributed by atoms with Crippen LogP contribution in [-0.4, -0.2) is 79.3 Å². The number of benzene rings is 3. The molecule has 17 heteroatoms. The normalized spacial score (nSPS) is 13.4. The second-order valence-corrected chi connectivity index (χ2v) is 19.2. The van der Waals surface area contributed by atoms with Crippen LogP contribution in [0.25, 0.3) is 0 Å². The van der Waals surface area contributed by atoms with E-state index in [4.69, 9.17) is 42.0 Å². The number of unbranched alkanes of at least 4 members (excludes halogenated alkanes) is 12. The van der Waals surface area contributed by atoms with Gasteiger partial charge in [0.2, 0.25) is 17.7 Å². The van der Waals surface area contributed by atoms with Crippen molar-refractivity contribution in [1.29, 1.82) is 0 Å². The number of hydrogen-bond donors (Lipinski definition) is 3. The van der Waals surface area contributed by atoms with Crippen LogP contribution >= 0.6 is 7.82 Å². The van der Waals surface area contributed by atoms with E-state index in [1.807, 2.05) is 0 Å². The van der Waals surface area contributed by atoms with E-state index < -0.39 is 25.9 Å². The molecule has 0 aromatic heterocycles. The molecule has 16 nitrogen and oxygen atoms in total. The number of rotatable bonds is 42.